The molecule has 1 aliphatic carbocycles. The van der Waals surface area contributed by atoms with E-state index in [1.165, 1.54) is 24.4 Å². The summed E-state index contributed by atoms with van der Waals surface area (Å²) >= 11 is 12.5. The molecule has 2 fully saturated rings. The predicted octanol–water partition coefficient (Wildman–Crippen LogP) is 5.51. The lowest BCUT2D eigenvalue weighted by Gasteiger charge is -2.47. The van der Waals surface area contributed by atoms with Crippen molar-refractivity contribution >= 4 is 52.4 Å². The Morgan fingerprint density at radius 2 is 1.85 bits per heavy atom. The van der Waals surface area contributed by atoms with Gasteiger partial charge in [0.2, 0.25) is 11.8 Å². The highest BCUT2D eigenvalue weighted by Gasteiger charge is 2.72. The summed E-state index contributed by atoms with van der Waals surface area (Å²) in [7, 11) is 0. The molecule has 3 aliphatic rings. The number of fused-ring (bicyclic) bond motifs is 3. The first-order chi connectivity index (χ1) is 19.2. The highest BCUT2D eigenvalue weighted by molar-refractivity contribution is 6.31. The Labute approximate surface area is 239 Å². The van der Waals surface area contributed by atoms with E-state index in [0.29, 0.717) is 29.1 Å². The van der Waals surface area contributed by atoms with Gasteiger partial charge in [-0.15, -0.1) is 0 Å². The average molecular weight is 583 g/mol. The molecule has 3 heterocycles. The van der Waals surface area contributed by atoms with Crippen LogP contribution in [0.15, 0.2) is 54.7 Å². The number of nitrogens with zero attached hydrogens (tertiary/aromatic N) is 1. The Bertz CT molecular complexity index is 1540. The number of carboxylic acid groups (broad SMARTS) is 1. The third-order valence-corrected chi connectivity index (χ3v) is 9.08. The van der Waals surface area contributed by atoms with Crippen molar-refractivity contribution in [1.29, 1.82) is 0 Å². The lowest BCUT2D eigenvalue weighted by Crippen LogP contribution is -2.60. The maximum Gasteiger partial charge on any atom is 0.354 e. The minimum atomic E-state index is -1.34. The standard InChI is InChI=1S/C29H25Cl2FN4O4/c30-15-7-9-18-21(13-15)35-27(40)29(18)22(17-5-4-6-19(31)23(17)32)24(36-28(29)11-2-1-3-12-28)25(37)34-16-8-10-20(26(38)39)33-14-16/h4-10,13-14,22,24,36H,1-3,11-12H2,(H,34,37)(H,35,40)(H,38,39)/t22-,24+,29+/m0/s1. The summed E-state index contributed by atoms with van der Waals surface area (Å²) < 4.78 is 15.9. The number of amides is 2. The number of hydrogen-bond acceptors (Lipinski definition) is 5. The van der Waals surface area contributed by atoms with E-state index >= 15 is 4.39 Å². The first-order valence-corrected chi connectivity index (χ1v) is 13.8. The van der Waals surface area contributed by atoms with Crippen molar-refractivity contribution in [2.24, 2.45) is 0 Å². The van der Waals surface area contributed by atoms with Gasteiger partial charge < -0.3 is 15.7 Å². The van der Waals surface area contributed by atoms with Gasteiger partial charge in [0, 0.05) is 22.2 Å². The second kappa shape index (κ2) is 9.83. The van der Waals surface area contributed by atoms with Crippen LogP contribution in [0.3, 0.4) is 0 Å². The van der Waals surface area contributed by atoms with Gasteiger partial charge in [-0.25, -0.2) is 14.2 Å². The van der Waals surface area contributed by atoms with Gasteiger partial charge in [-0.1, -0.05) is 60.7 Å². The van der Waals surface area contributed by atoms with Crippen LogP contribution < -0.4 is 16.0 Å². The van der Waals surface area contributed by atoms with E-state index in [9.17, 15) is 14.4 Å². The van der Waals surface area contributed by atoms with Crippen molar-refractivity contribution < 1.29 is 23.9 Å². The van der Waals surface area contributed by atoms with E-state index in [1.807, 2.05) is 0 Å². The Balaban J connectivity index is 1.54. The van der Waals surface area contributed by atoms with Gasteiger partial charge in [-0.05, 0) is 54.3 Å². The maximum absolute atomic E-state index is 15.9. The second-order valence-corrected chi connectivity index (χ2v) is 11.4. The molecule has 3 aromatic rings. The predicted molar refractivity (Wildman–Crippen MR) is 148 cm³/mol. The quantitative estimate of drug-likeness (QED) is 0.322. The molecule has 40 heavy (non-hydrogen) atoms. The van der Waals surface area contributed by atoms with Gasteiger partial charge in [0.1, 0.15) is 16.9 Å². The van der Waals surface area contributed by atoms with Gasteiger partial charge >= 0.3 is 5.97 Å². The molecule has 0 radical (unpaired) electrons. The highest BCUT2D eigenvalue weighted by Crippen LogP contribution is 2.62. The van der Waals surface area contributed by atoms with Gasteiger partial charge in [-0.2, -0.15) is 0 Å². The van der Waals surface area contributed by atoms with Crippen molar-refractivity contribution in [2.75, 3.05) is 10.6 Å². The van der Waals surface area contributed by atoms with Gasteiger partial charge in [0.05, 0.1) is 22.9 Å². The van der Waals surface area contributed by atoms with Crippen LogP contribution in [-0.4, -0.2) is 39.5 Å². The molecular weight excluding hydrogens is 558 g/mol. The van der Waals surface area contributed by atoms with Crippen molar-refractivity contribution in [3.05, 3.63) is 87.4 Å². The number of carboxylic acids is 1. The summed E-state index contributed by atoms with van der Waals surface area (Å²) in [4.78, 5) is 43.4. The number of pyridine rings is 1. The molecule has 1 aromatic heterocycles. The van der Waals surface area contributed by atoms with Crippen LogP contribution >= 0.6 is 23.2 Å². The van der Waals surface area contributed by atoms with Crippen LogP contribution in [0.5, 0.6) is 0 Å². The molecule has 6 rings (SSSR count). The first-order valence-electron chi connectivity index (χ1n) is 13.0. The smallest absolute Gasteiger partial charge is 0.354 e. The fourth-order valence-electron chi connectivity index (χ4n) is 7.03. The Kier molecular flexibility index (Phi) is 6.56. The van der Waals surface area contributed by atoms with Crippen LogP contribution in [-0.2, 0) is 15.0 Å². The normalized spacial score (nSPS) is 24.6. The summed E-state index contributed by atoms with van der Waals surface area (Å²) in [6, 6.07) is 11.4. The molecule has 0 unspecified atom stereocenters. The molecule has 1 saturated carbocycles. The summed E-state index contributed by atoms with van der Waals surface area (Å²) in [6.07, 6.45) is 5.06. The first kappa shape index (κ1) is 26.7. The third-order valence-electron chi connectivity index (χ3n) is 8.56. The van der Waals surface area contributed by atoms with Gasteiger partial charge in [0.15, 0.2) is 0 Å². The molecule has 8 nitrogen and oxygen atoms in total. The molecule has 11 heteroatoms. The number of carbonyl (C=O) groups is 3. The minimum absolute atomic E-state index is 0.111. The zero-order valence-electron chi connectivity index (χ0n) is 21.1. The number of carbonyl (C=O) groups excluding carboxylic acids is 2. The number of benzene rings is 2. The third kappa shape index (κ3) is 3.90. The number of aromatic nitrogens is 1. The fraction of sp³-hybridized carbons (Fsp3) is 0.310. The number of rotatable bonds is 4. The van der Waals surface area contributed by atoms with E-state index in [1.54, 1.807) is 30.3 Å². The monoisotopic (exact) mass is 582 g/mol. The number of nitrogens with one attached hydrogen (secondary N) is 3. The molecule has 2 amide bonds. The molecule has 1 saturated heterocycles. The molecule has 2 spiro atoms. The minimum Gasteiger partial charge on any atom is -0.477 e. The number of halogens is 3. The summed E-state index contributed by atoms with van der Waals surface area (Å²) in [5, 5.41) is 18.8. The van der Waals surface area contributed by atoms with E-state index in [4.69, 9.17) is 28.3 Å². The van der Waals surface area contributed by atoms with Gasteiger partial charge in [0.25, 0.3) is 0 Å². The fourth-order valence-corrected chi connectivity index (χ4v) is 7.39. The number of aromatic carboxylic acids is 1. The van der Waals surface area contributed by atoms with E-state index in [2.05, 4.69) is 20.9 Å². The highest BCUT2D eigenvalue weighted by atomic mass is 35.5. The number of anilines is 2. The van der Waals surface area contributed by atoms with E-state index < -0.39 is 40.6 Å². The van der Waals surface area contributed by atoms with Crippen LogP contribution in [0.2, 0.25) is 10.0 Å². The van der Waals surface area contributed by atoms with Crippen LogP contribution in [0.1, 0.15) is 59.6 Å². The molecule has 2 aromatic carbocycles. The molecular formula is C29H25Cl2FN4O4. The van der Waals surface area contributed by atoms with E-state index in [-0.39, 0.29) is 27.9 Å². The number of hydrogen-bond donors (Lipinski definition) is 4. The van der Waals surface area contributed by atoms with Crippen LogP contribution in [0.25, 0.3) is 0 Å². The second-order valence-electron chi connectivity index (χ2n) is 10.6. The zero-order chi connectivity index (χ0) is 28.2. The lowest BCUT2D eigenvalue weighted by atomic mass is 9.55. The molecule has 4 N–H and O–H groups in total. The summed E-state index contributed by atoms with van der Waals surface area (Å²) in [5.74, 6) is -3.70. The summed E-state index contributed by atoms with van der Waals surface area (Å²) in [5.41, 5.74) is -0.764. The summed E-state index contributed by atoms with van der Waals surface area (Å²) in [6.45, 7) is 0. The Morgan fingerprint density at radius 1 is 1.07 bits per heavy atom. The van der Waals surface area contributed by atoms with Crippen LogP contribution in [0.4, 0.5) is 15.8 Å². The Morgan fingerprint density at radius 3 is 2.55 bits per heavy atom. The average Bonchev–Trinajstić information content (AvgIpc) is 3.38. The van der Waals surface area contributed by atoms with E-state index in [0.717, 1.165) is 19.3 Å². The van der Waals surface area contributed by atoms with Crippen molar-refractivity contribution in [3.63, 3.8) is 0 Å². The SMILES string of the molecule is O=C(O)c1ccc(NC(=O)[C@@H]2NC3(CCCCC3)[C@@]3(C(=O)Nc4cc(Cl)ccc43)[C@H]2c2cccc(Cl)c2F)cn1. The Hall–Kier alpha value is -3.53. The molecule has 0 bridgehead atoms. The largest absolute Gasteiger partial charge is 0.477 e. The van der Waals surface area contributed by atoms with Gasteiger partial charge in [-0.3, -0.25) is 14.9 Å². The maximum atomic E-state index is 15.9. The molecule has 206 valence electrons. The van der Waals surface area contributed by atoms with Crippen LogP contribution in [0, 0.1) is 5.82 Å². The van der Waals surface area contributed by atoms with Crippen molar-refractivity contribution in [2.45, 2.75) is 55.0 Å². The molecule has 3 atom stereocenters. The molecule has 2 aliphatic heterocycles. The lowest BCUT2D eigenvalue weighted by molar-refractivity contribution is -0.124. The topological polar surface area (TPSA) is 120 Å². The van der Waals surface area contributed by atoms with Crippen molar-refractivity contribution in [1.82, 2.24) is 10.3 Å². The van der Waals surface area contributed by atoms with Crippen molar-refractivity contribution in [3.8, 4) is 0 Å². The zero-order valence-corrected chi connectivity index (χ0v) is 22.7.